The lowest BCUT2D eigenvalue weighted by Crippen LogP contribution is -2.44. The predicted octanol–water partition coefficient (Wildman–Crippen LogP) is 3.98. The van der Waals surface area contributed by atoms with Gasteiger partial charge in [-0.25, -0.2) is 14.6 Å². The summed E-state index contributed by atoms with van der Waals surface area (Å²) in [5.41, 5.74) is 2.37. The van der Waals surface area contributed by atoms with Gasteiger partial charge in [0.05, 0.1) is 15.8 Å². The van der Waals surface area contributed by atoms with E-state index in [2.05, 4.69) is 21.7 Å². The number of hydrogen-bond acceptors (Lipinski definition) is 7. The number of benzene rings is 2. The number of nitrogens with one attached hydrogen (secondary N) is 2. The number of carbonyl (C=O) groups excluding carboxylic acids is 3. The van der Waals surface area contributed by atoms with Gasteiger partial charge in [0, 0.05) is 12.3 Å². The number of para-hydroxylation sites is 1. The Morgan fingerprint density at radius 3 is 2.57 bits per heavy atom. The molecule has 2 aromatic carbocycles. The number of nitrogens with zero attached hydrogens (tertiary/aromatic N) is 1. The van der Waals surface area contributed by atoms with E-state index >= 15 is 0 Å². The average molecular weight is 444 g/mol. The number of carbonyl (C=O) groups is 3. The fourth-order valence-corrected chi connectivity index (χ4v) is 4.52. The molecule has 1 aromatic heterocycles. The van der Waals surface area contributed by atoms with Gasteiger partial charge in [0.1, 0.15) is 0 Å². The van der Waals surface area contributed by atoms with Crippen molar-refractivity contribution >= 4 is 51.2 Å². The summed E-state index contributed by atoms with van der Waals surface area (Å²) >= 11 is 3.29. The van der Waals surface area contributed by atoms with E-state index in [1.807, 2.05) is 30.3 Å². The summed E-state index contributed by atoms with van der Waals surface area (Å²) < 4.78 is 7.28. The van der Waals surface area contributed by atoms with Crippen molar-refractivity contribution in [2.75, 3.05) is 6.54 Å². The van der Waals surface area contributed by atoms with Crippen molar-refractivity contribution in [2.24, 2.45) is 0 Å². The van der Waals surface area contributed by atoms with Crippen LogP contribution in [0.3, 0.4) is 0 Å². The molecule has 1 atom stereocenters. The van der Waals surface area contributed by atoms with E-state index < -0.39 is 24.0 Å². The highest BCUT2D eigenvalue weighted by molar-refractivity contribution is 8.00. The molecule has 2 N–H and O–H groups in total. The van der Waals surface area contributed by atoms with Crippen LogP contribution >= 0.6 is 23.1 Å². The summed E-state index contributed by atoms with van der Waals surface area (Å²) in [5.74, 6) is -0.586. The monoisotopic (exact) mass is 443 g/mol. The molecule has 0 aliphatic carbocycles. The van der Waals surface area contributed by atoms with Crippen molar-refractivity contribution in [2.45, 2.75) is 30.0 Å². The highest BCUT2D eigenvalue weighted by Crippen LogP contribution is 2.31. The van der Waals surface area contributed by atoms with Crippen LogP contribution in [0.5, 0.6) is 0 Å². The number of thioether (sulfide) groups is 1. The van der Waals surface area contributed by atoms with Crippen molar-refractivity contribution in [3.05, 3.63) is 59.7 Å². The Labute approximate surface area is 182 Å². The fourth-order valence-electron chi connectivity index (χ4n) is 2.50. The third-order valence-corrected chi connectivity index (χ3v) is 6.30. The molecule has 0 aliphatic rings. The van der Waals surface area contributed by atoms with Crippen LogP contribution in [-0.2, 0) is 15.3 Å². The van der Waals surface area contributed by atoms with E-state index in [1.165, 1.54) is 6.92 Å². The third-order valence-electron chi connectivity index (χ3n) is 4.05. The lowest BCUT2D eigenvalue weighted by molar-refractivity contribution is -0.127. The molecule has 0 spiro atoms. The van der Waals surface area contributed by atoms with E-state index in [0.717, 1.165) is 25.9 Å². The number of imide groups is 1. The Hall–Kier alpha value is -2.91. The number of rotatable bonds is 7. The number of esters is 1. The summed E-state index contributed by atoms with van der Waals surface area (Å²) in [4.78, 5) is 40.1. The first-order valence-corrected chi connectivity index (χ1v) is 11.1. The Kier molecular flexibility index (Phi) is 7.42. The van der Waals surface area contributed by atoms with Gasteiger partial charge < -0.3 is 10.1 Å². The molecule has 30 heavy (non-hydrogen) atoms. The van der Waals surface area contributed by atoms with Crippen molar-refractivity contribution in [3.63, 3.8) is 0 Å². The molecule has 3 amide bonds. The van der Waals surface area contributed by atoms with Crippen LogP contribution in [0.15, 0.2) is 52.9 Å². The summed E-state index contributed by atoms with van der Waals surface area (Å²) in [6, 6.07) is 14.4. The topological polar surface area (TPSA) is 97.4 Å². The van der Waals surface area contributed by atoms with Crippen LogP contribution in [-0.4, -0.2) is 35.5 Å². The maximum absolute atomic E-state index is 12.2. The van der Waals surface area contributed by atoms with E-state index in [0.29, 0.717) is 12.1 Å². The Balaban J connectivity index is 1.52. The molecule has 3 aromatic rings. The van der Waals surface area contributed by atoms with Gasteiger partial charge in [-0.2, -0.15) is 0 Å². The molecule has 0 aliphatic heterocycles. The summed E-state index contributed by atoms with van der Waals surface area (Å²) in [5, 5.41) is 4.55. The smallest absolute Gasteiger partial charge is 0.338 e. The first kappa shape index (κ1) is 21.8. The van der Waals surface area contributed by atoms with Gasteiger partial charge in [-0.05, 0) is 43.7 Å². The molecule has 156 valence electrons. The lowest BCUT2D eigenvalue weighted by Gasteiger charge is -2.13. The molecule has 0 fully saturated rings. The Morgan fingerprint density at radius 2 is 1.87 bits per heavy atom. The zero-order valence-corrected chi connectivity index (χ0v) is 18.1. The molecule has 0 radical (unpaired) electrons. The summed E-state index contributed by atoms with van der Waals surface area (Å²) in [6.45, 7) is 3.53. The molecule has 0 bridgehead atoms. The summed E-state index contributed by atoms with van der Waals surface area (Å²) in [7, 11) is 0. The fraction of sp³-hybridized carbons (Fsp3) is 0.238. The van der Waals surface area contributed by atoms with E-state index in [4.69, 9.17) is 4.74 Å². The lowest BCUT2D eigenvalue weighted by atomic mass is 10.1. The number of urea groups is 1. The zero-order valence-electron chi connectivity index (χ0n) is 16.5. The molecule has 9 heteroatoms. The largest absolute Gasteiger partial charge is 0.449 e. The third kappa shape index (κ3) is 5.80. The summed E-state index contributed by atoms with van der Waals surface area (Å²) in [6.07, 6.45) is -1.09. The van der Waals surface area contributed by atoms with Gasteiger partial charge in [-0.3, -0.25) is 10.1 Å². The maximum Gasteiger partial charge on any atom is 0.338 e. The Bertz CT molecular complexity index is 1020. The normalized spacial score (nSPS) is 11.7. The predicted molar refractivity (Wildman–Crippen MR) is 118 cm³/mol. The second-order valence-electron chi connectivity index (χ2n) is 6.33. The van der Waals surface area contributed by atoms with Crippen molar-refractivity contribution < 1.29 is 19.1 Å². The first-order valence-electron chi connectivity index (χ1n) is 9.33. The van der Waals surface area contributed by atoms with Gasteiger partial charge in [0.25, 0.3) is 5.91 Å². The van der Waals surface area contributed by atoms with Crippen LogP contribution in [0, 0.1) is 0 Å². The first-order chi connectivity index (χ1) is 14.5. The average Bonchev–Trinajstić information content (AvgIpc) is 3.15. The second kappa shape index (κ2) is 10.2. The van der Waals surface area contributed by atoms with Crippen LogP contribution < -0.4 is 10.6 Å². The van der Waals surface area contributed by atoms with E-state index in [-0.39, 0.29) is 0 Å². The molecular weight excluding hydrogens is 422 g/mol. The minimum Gasteiger partial charge on any atom is -0.449 e. The van der Waals surface area contributed by atoms with Gasteiger partial charge in [-0.1, -0.05) is 36.0 Å². The van der Waals surface area contributed by atoms with Crippen LogP contribution in [0.25, 0.3) is 10.2 Å². The van der Waals surface area contributed by atoms with Gasteiger partial charge in [-0.15, -0.1) is 11.3 Å². The number of amides is 3. The SMILES string of the molecule is CCNC(=O)NC(=O)C(C)OC(=O)c1ccc(CSc2nc3ccccc3s2)cc1. The number of thiazole rings is 1. The standard InChI is InChI=1S/C21H21N3O4S2/c1-3-22-20(27)24-18(25)13(2)28-19(26)15-10-8-14(9-11-15)12-29-21-23-16-6-4-5-7-17(16)30-21/h4-11,13H,3,12H2,1-2H3,(H2,22,24,25,27). The molecule has 3 rings (SSSR count). The minimum atomic E-state index is -1.09. The van der Waals surface area contributed by atoms with Crippen molar-refractivity contribution in [3.8, 4) is 0 Å². The van der Waals surface area contributed by atoms with Gasteiger partial charge >= 0.3 is 12.0 Å². The van der Waals surface area contributed by atoms with Crippen LogP contribution in [0.4, 0.5) is 4.79 Å². The van der Waals surface area contributed by atoms with Crippen LogP contribution in [0.1, 0.15) is 29.8 Å². The van der Waals surface area contributed by atoms with Crippen molar-refractivity contribution in [1.29, 1.82) is 0 Å². The number of ether oxygens (including phenoxy) is 1. The second-order valence-corrected chi connectivity index (χ2v) is 8.58. The molecule has 0 saturated carbocycles. The quantitative estimate of drug-likeness (QED) is 0.423. The maximum atomic E-state index is 12.2. The van der Waals surface area contributed by atoms with Crippen LogP contribution in [0.2, 0.25) is 0 Å². The molecule has 1 heterocycles. The number of fused-ring (bicyclic) bond motifs is 1. The minimum absolute atomic E-state index is 0.335. The molecular formula is C21H21N3O4S2. The van der Waals surface area contributed by atoms with Gasteiger partial charge in [0.2, 0.25) is 0 Å². The zero-order chi connectivity index (χ0) is 21.5. The molecule has 7 nitrogen and oxygen atoms in total. The number of hydrogen-bond donors (Lipinski definition) is 2. The molecule has 0 saturated heterocycles. The highest BCUT2D eigenvalue weighted by atomic mass is 32.2. The van der Waals surface area contributed by atoms with E-state index in [1.54, 1.807) is 42.2 Å². The van der Waals surface area contributed by atoms with E-state index in [9.17, 15) is 14.4 Å². The Morgan fingerprint density at radius 1 is 1.13 bits per heavy atom. The van der Waals surface area contributed by atoms with Gasteiger partial charge in [0.15, 0.2) is 10.4 Å². The van der Waals surface area contributed by atoms with Crippen molar-refractivity contribution in [1.82, 2.24) is 15.6 Å². The highest BCUT2D eigenvalue weighted by Gasteiger charge is 2.20. The number of aromatic nitrogens is 1. The molecule has 1 unspecified atom stereocenters.